The summed E-state index contributed by atoms with van der Waals surface area (Å²) in [7, 11) is -4.04. The number of hydrogen-bond donors (Lipinski definition) is 2. The molecule has 0 aromatic heterocycles. The summed E-state index contributed by atoms with van der Waals surface area (Å²) < 4.78 is 53.6. The van der Waals surface area contributed by atoms with Crippen LogP contribution in [0.4, 0.5) is 8.78 Å². The largest absolute Gasteiger partial charge is 0.352 e. The molecule has 6 nitrogen and oxygen atoms in total. The van der Waals surface area contributed by atoms with Gasteiger partial charge in [0.25, 0.3) is 0 Å². The normalized spacial score (nSPS) is 19.8. The van der Waals surface area contributed by atoms with Gasteiger partial charge in [-0.25, -0.2) is 21.9 Å². The molecule has 0 atom stereocenters. The fourth-order valence-corrected chi connectivity index (χ4v) is 4.25. The number of hydrogen-bond acceptors (Lipinski definition) is 4. The van der Waals surface area contributed by atoms with Crippen LogP contribution in [0.5, 0.6) is 0 Å². The standard InChI is InChI=1S/C16H21F2N3O3S/c17-11-1-4-15(14(18)9-11)25(23,24)20-13-5-7-21(8-6-13)10-16(22)19-12-2-3-12/h1,4,9,12-13,20H,2-3,5-8,10H2,(H,19,22). The Hall–Kier alpha value is -1.58. The lowest BCUT2D eigenvalue weighted by molar-refractivity contribution is -0.122. The Morgan fingerprint density at radius 2 is 1.80 bits per heavy atom. The molecule has 2 aliphatic rings. The number of likely N-dealkylation sites (tertiary alicyclic amines) is 1. The Bertz CT molecular complexity index is 745. The molecule has 1 aromatic rings. The van der Waals surface area contributed by atoms with Crippen LogP contribution in [0.3, 0.4) is 0 Å². The topological polar surface area (TPSA) is 78.5 Å². The summed E-state index contributed by atoms with van der Waals surface area (Å²) in [5, 5.41) is 2.92. The van der Waals surface area contributed by atoms with Crippen molar-refractivity contribution < 1.29 is 22.0 Å². The van der Waals surface area contributed by atoms with E-state index >= 15 is 0 Å². The van der Waals surface area contributed by atoms with Crippen molar-refractivity contribution in [2.24, 2.45) is 0 Å². The summed E-state index contributed by atoms with van der Waals surface area (Å²) in [5.41, 5.74) is 0. The Morgan fingerprint density at radius 3 is 2.40 bits per heavy atom. The maximum atomic E-state index is 13.7. The number of nitrogens with one attached hydrogen (secondary N) is 2. The van der Waals surface area contributed by atoms with Gasteiger partial charge in [0, 0.05) is 31.2 Å². The van der Waals surface area contributed by atoms with E-state index in [1.165, 1.54) is 0 Å². The van der Waals surface area contributed by atoms with E-state index in [9.17, 15) is 22.0 Å². The van der Waals surface area contributed by atoms with Crippen LogP contribution in [-0.4, -0.2) is 50.9 Å². The molecular weight excluding hydrogens is 352 g/mol. The summed E-state index contributed by atoms with van der Waals surface area (Å²) >= 11 is 0. The van der Waals surface area contributed by atoms with Gasteiger partial charge >= 0.3 is 0 Å². The molecule has 9 heteroatoms. The molecule has 1 saturated carbocycles. The molecule has 0 unspecified atom stereocenters. The molecule has 2 fully saturated rings. The van der Waals surface area contributed by atoms with Gasteiger partial charge in [0.1, 0.15) is 16.5 Å². The van der Waals surface area contributed by atoms with Crippen molar-refractivity contribution in [3.63, 3.8) is 0 Å². The average molecular weight is 373 g/mol. The summed E-state index contributed by atoms with van der Waals surface area (Å²) in [6, 6.07) is 2.37. The van der Waals surface area contributed by atoms with Crippen LogP contribution in [0.1, 0.15) is 25.7 Å². The number of carbonyl (C=O) groups excluding carboxylic acids is 1. The zero-order valence-electron chi connectivity index (χ0n) is 13.7. The molecule has 3 rings (SSSR count). The number of sulfonamides is 1. The number of nitrogens with zero attached hydrogens (tertiary/aromatic N) is 1. The maximum absolute atomic E-state index is 13.7. The van der Waals surface area contributed by atoms with Crippen molar-refractivity contribution in [1.82, 2.24) is 14.9 Å². The number of piperidine rings is 1. The van der Waals surface area contributed by atoms with Crippen molar-refractivity contribution in [1.29, 1.82) is 0 Å². The fraction of sp³-hybridized carbons (Fsp3) is 0.562. The monoisotopic (exact) mass is 373 g/mol. The number of benzene rings is 1. The first kappa shape index (κ1) is 18.2. The van der Waals surface area contributed by atoms with Crippen LogP contribution in [0.2, 0.25) is 0 Å². The van der Waals surface area contributed by atoms with Gasteiger partial charge in [-0.2, -0.15) is 0 Å². The molecule has 25 heavy (non-hydrogen) atoms. The van der Waals surface area contributed by atoms with Crippen molar-refractivity contribution in [2.75, 3.05) is 19.6 Å². The summed E-state index contributed by atoms with van der Waals surface area (Å²) in [4.78, 5) is 13.2. The lowest BCUT2D eigenvalue weighted by atomic mass is 10.1. The van der Waals surface area contributed by atoms with Gasteiger partial charge in [-0.3, -0.25) is 9.69 Å². The molecule has 0 bridgehead atoms. The third-order valence-electron chi connectivity index (χ3n) is 4.40. The van der Waals surface area contributed by atoms with Crippen LogP contribution < -0.4 is 10.0 Å². The van der Waals surface area contributed by atoms with Gasteiger partial charge in [-0.15, -0.1) is 0 Å². The minimum absolute atomic E-state index is 0.00471. The molecule has 1 amide bonds. The number of carbonyl (C=O) groups is 1. The van der Waals surface area contributed by atoms with Crippen molar-refractivity contribution in [2.45, 2.75) is 42.7 Å². The molecular formula is C16H21F2N3O3S. The fourth-order valence-electron chi connectivity index (χ4n) is 2.89. The molecule has 0 spiro atoms. The third-order valence-corrected chi connectivity index (χ3v) is 5.96. The third kappa shape index (κ3) is 4.96. The first-order valence-electron chi connectivity index (χ1n) is 8.32. The molecule has 1 aliphatic heterocycles. The number of halogens is 2. The van der Waals surface area contributed by atoms with Crippen LogP contribution in [0.25, 0.3) is 0 Å². The Kier molecular flexibility index (Phi) is 5.35. The second-order valence-electron chi connectivity index (χ2n) is 6.59. The predicted octanol–water partition coefficient (Wildman–Crippen LogP) is 0.986. The van der Waals surface area contributed by atoms with Crippen molar-refractivity contribution in [3.8, 4) is 0 Å². The minimum atomic E-state index is -4.04. The predicted molar refractivity (Wildman–Crippen MR) is 87.3 cm³/mol. The van der Waals surface area contributed by atoms with E-state index in [0.717, 1.165) is 25.0 Å². The van der Waals surface area contributed by atoms with E-state index in [1.807, 2.05) is 4.90 Å². The first-order chi connectivity index (χ1) is 11.8. The molecule has 2 N–H and O–H groups in total. The highest BCUT2D eigenvalue weighted by molar-refractivity contribution is 7.89. The zero-order chi connectivity index (χ0) is 18.0. The maximum Gasteiger partial charge on any atom is 0.243 e. The van der Waals surface area contributed by atoms with Crippen LogP contribution in [-0.2, 0) is 14.8 Å². The highest BCUT2D eigenvalue weighted by Crippen LogP contribution is 2.20. The minimum Gasteiger partial charge on any atom is -0.352 e. The zero-order valence-corrected chi connectivity index (χ0v) is 14.5. The summed E-state index contributed by atoms with van der Waals surface area (Å²) in [5.74, 6) is -1.94. The van der Waals surface area contributed by atoms with Gasteiger partial charge in [0.2, 0.25) is 15.9 Å². The SMILES string of the molecule is O=C(CN1CCC(NS(=O)(=O)c2ccc(F)cc2F)CC1)NC1CC1. The van der Waals surface area contributed by atoms with E-state index in [-0.39, 0.29) is 11.9 Å². The highest BCUT2D eigenvalue weighted by atomic mass is 32.2. The van der Waals surface area contributed by atoms with E-state index in [0.29, 0.717) is 44.6 Å². The van der Waals surface area contributed by atoms with Crippen molar-refractivity contribution in [3.05, 3.63) is 29.8 Å². The van der Waals surface area contributed by atoms with Crippen LogP contribution in [0.15, 0.2) is 23.1 Å². The molecule has 1 aromatic carbocycles. The van der Waals surface area contributed by atoms with Crippen LogP contribution >= 0.6 is 0 Å². The van der Waals surface area contributed by atoms with Crippen molar-refractivity contribution >= 4 is 15.9 Å². The molecule has 1 aliphatic carbocycles. The van der Waals surface area contributed by atoms with E-state index in [2.05, 4.69) is 10.0 Å². The summed E-state index contributed by atoms with van der Waals surface area (Å²) in [6.45, 7) is 1.47. The lowest BCUT2D eigenvalue weighted by Crippen LogP contribution is -2.47. The van der Waals surface area contributed by atoms with Gasteiger partial charge in [-0.1, -0.05) is 0 Å². The first-order valence-corrected chi connectivity index (χ1v) is 9.81. The van der Waals surface area contributed by atoms with E-state index < -0.39 is 26.6 Å². The van der Waals surface area contributed by atoms with Gasteiger partial charge in [-0.05, 0) is 37.8 Å². The average Bonchev–Trinajstić information content (AvgIpc) is 3.32. The van der Waals surface area contributed by atoms with Crippen LogP contribution in [0, 0.1) is 11.6 Å². The van der Waals surface area contributed by atoms with Gasteiger partial charge < -0.3 is 5.32 Å². The Morgan fingerprint density at radius 1 is 1.12 bits per heavy atom. The second-order valence-corrected chi connectivity index (χ2v) is 8.27. The van der Waals surface area contributed by atoms with E-state index in [4.69, 9.17) is 0 Å². The van der Waals surface area contributed by atoms with E-state index in [1.54, 1.807) is 0 Å². The summed E-state index contributed by atoms with van der Waals surface area (Å²) in [6.07, 6.45) is 3.13. The Balaban J connectivity index is 1.51. The molecule has 0 radical (unpaired) electrons. The molecule has 1 heterocycles. The quantitative estimate of drug-likeness (QED) is 0.779. The highest BCUT2D eigenvalue weighted by Gasteiger charge is 2.28. The number of rotatable bonds is 6. The van der Waals surface area contributed by atoms with Gasteiger partial charge in [0.05, 0.1) is 6.54 Å². The number of amides is 1. The van der Waals surface area contributed by atoms with Gasteiger partial charge in [0.15, 0.2) is 0 Å². The lowest BCUT2D eigenvalue weighted by Gasteiger charge is -2.31. The second kappa shape index (κ2) is 7.35. The Labute approximate surface area is 145 Å². The smallest absolute Gasteiger partial charge is 0.243 e. The molecule has 1 saturated heterocycles. The molecule has 138 valence electrons.